The van der Waals surface area contributed by atoms with Crippen LogP contribution in [-0.2, 0) is 9.47 Å². The topological polar surface area (TPSA) is 122 Å². The summed E-state index contributed by atoms with van der Waals surface area (Å²) >= 11 is 1.48. The summed E-state index contributed by atoms with van der Waals surface area (Å²) in [5.41, 5.74) is 0.118. The summed E-state index contributed by atoms with van der Waals surface area (Å²) in [5.74, 6) is 0.282. The molecular weight excluding hydrogens is 372 g/mol. The van der Waals surface area contributed by atoms with Crippen LogP contribution < -0.4 is 5.56 Å². The number of rotatable bonds is 6. The average molecular weight is 390 g/mol. The summed E-state index contributed by atoms with van der Waals surface area (Å²) in [5, 5.41) is 20.0. The van der Waals surface area contributed by atoms with Crippen molar-refractivity contribution in [3.63, 3.8) is 0 Å². The number of nitrogens with one attached hydrogen (secondary N) is 1. The van der Waals surface area contributed by atoms with Crippen LogP contribution in [0, 0.1) is 0 Å². The number of hydrogen-bond donors (Lipinski definition) is 3. The highest BCUT2D eigenvalue weighted by Crippen LogP contribution is 2.34. The minimum absolute atomic E-state index is 0.167. The number of H-pyrrole nitrogens is 1. The van der Waals surface area contributed by atoms with Crippen LogP contribution >= 0.6 is 11.8 Å². The maximum Gasteiger partial charge on any atom is 0.278 e. The summed E-state index contributed by atoms with van der Waals surface area (Å²) in [7, 11) is 0. The lowest BCUT2D eigenvalue weighted by molar-refractivity contribution is -0.0608. The van der Waals surface area contributed by atoms with Gasteiger partial charge in [0, 0.05) is 4.90 Å². The molecule has 1 saturated heterocycles. The van der Waals surface area contributed by atoms with E-state index in [9.17, 15) is 15.0 Å². The third kappa shape index (κ3) is 3.49. The van der Waals surface area contributed by atoms with Gasteiger partial charge in [0.2, 0.25) is 0 Å². The van der Waals surface area contributed by atoms with Crippen LogP contribution in [0.3, 0.4) is 0 Å². The third-order valence-corrected chi connectivity index (χ3v) is 5.22. The fourth-order valence-corrected chi connectivity index (χ4v) is 3.73. The van der Waals surface area contributed by atoms with Crippen molar-refractivity contribution >= 4 is 22.9 Å². The van der Waals surface area contributed by atoms with Gasteiger partial charge in [0.15, 0.2) is 17.4 Å². The van der Waals surface area contributed by atoms with Crippen molar-refractivity contribution in [2.24, 2.45) is 0 Å². The van der Waals surface area contributed by atoms with E-state index in [0.29, 0.717) is 5.65 Å². The maximum atomic E-state index is 11.9. The second kappa shape index (κ2) is 7.79. The lowest BCUT2D eigenvalue weighted by Gasteiger charge is -2.21. The van der Waals surface area contributed by atoms with Gasteiger partial charge >= 0.3 is 0 Å². The fraction of sp³-hybridized carbons (Fsp3) is 0.353. The van der Waals surface area contributed by atoms with E-state index in [0.717, 1.165) is 4.90 Å². The highest BCUT2D eigenvalue weighted by molar-refractivity contribution is 7.99. The molecule has 142 valence electrons. The van der Waals surface area contributed by atoms with Crippen LogP contribution in [-0.4, -0.2) is 60.6 Å². The van der Waals surface area contributed by atoms with E-state index < -0.39 is 24.5 Å². The first-order valence-electron chi connectivity index (χ1n) is 8.33. The van der Waals surface area contributed by atoms with E-state index in [-0.39, 0.29) is 23.6 Å². The quantitative estimate of drug-likeness (QED) is 0.411. The molecule has 0 spiro atoms. The number of aromatic amines is 1. The van der Waals surface area contributed by atoms with Gasteiger partial charge in [0.1, 0.15) is 18.3 Å². The second-order valence-corrected chi connectivity index (χ2v) is 7.00. The minimum Gasteiger partial charge on any atom is -0.394 e. The Morgan fingerprint density at radius 1 is 1.30 bits per heavy atom. The van der Waals surface area contributed by atoms with E-state index in [2.05, 4.69) is 15.0 Å². The van der Waals surface area contributed by atoms with Gasteiger partial charge in [-0.3, -0.25) is 9.36 Å². The molecule has 2 aromatic heterocycles. The Bertz CT molecular complexity index is 963. The summed E-state index contributed by atoms with van der Waals surface area (Å²) in [6.45, 7) is -0.357. The molecule has 0 amide bonds. The van der Waals surface area contributed by atoms with Crippen molar-refractivity contribution in [1.82, 2.24) is 19.5 Å². The Morgan fingerprint density at radius 3 is 2.89 bits per heavy atom. The normalized spacial score (nSPS) is 25.3. The van der Waals surface area contributed by atoms with Gasteiger partial charge in [-0.25, -0.2) is 9.97 Å². The van der Waals surface area contributed by atoms with Crippen LogP contribution in [0.25, 0.3) is 11.2 Å². The van der Waals surface area contributed by atoms with Crippen molar-refractivity contribution < 1.29 is 19.7 Å². The number of aliphatic hydroxyl groups excluding tert-OH is 2. The molecule has 0 radical (unpaired) electrons. The molecule has 0 bridgehead atoms. The molecule has 3 N–H and O–H groups in total. The van der Waals surface area contributed by atoms with Gasteiger partial charge in [-0.05, 0) is 12.1 Å². The van der Waals surface area contributed by atoms with Gasteiger partial charge in [0.05, 0.1) is 25.2 Å². The zero-order chi connectivity index (χ0) is 18.8. The average Bonchev–Trinajstić information content (AvgIpc) is 3.25. The van der Waals surface area contributed by atoms with Crippen LogP contribution in [0.15, 0.2) is 52.7 Å². The number of hydrogen-bond acceptors (Lipinski definition) is 8. The number of thioether (sulfide) groups is 1. The number of aliphatic hydroxyl groups is 2. The van der Waals surface area contributed by atoms with Crippen LogP contribution in [0.4, 0.5) is 0 Å². The zero-order valence-corrected chi connectivity index (χ0v) is 15.0. The number of aromatic nitrogens is 4. The minimum atomic E-state index is -1.03. The smallest absolute Gasteiger partial charge is 0.278 e. The van der Waals surface area contributed by atoms with E-state index in [1.807, 2.05) is 30.3 Å². The third-order valence-electron chi connectivity index (χ3n) is 4.36. The summed E-state index contributed by atoms with van der Waals surface area (Å²) in [4.78, 5) is 23.6. The molecule has 1 aliphatic heterocycles. The first-order chi connectivity index (χ1) is 13.2. The van der Waals surface area contributed by atoms with Crippen molar-refractivity contribution in [2.75, 3.05) is 12.5 Å². The molecule has 3 heterocycles. The molecule has 3 aromatic rings. The lowest BCUT2D eigenvalue weighted by Crippen LogP contribution is -2.35. The molecule has 4 rings (SSSR count). The Balaban J connectivity index is 1.57. The van der Waals surface area contributed by atoms with Crippen LogP contribution in [0.5, 0.6) is 0 Å². The number of fused-ring (bicyclic) bond motifs is 1. The summed E-state index contributed by atoms with van der Waals surface area (Å²) < 4.78 is 13.2. The molecule has 1 fully saturated rings. The number of imidazole rings is 1. The molecule has 9 nitrogen and oxygen atoms in total. The molecule has 0 aliphatic carbocycles. The molecule has 1 aliphatic rings. The van der Waals surface area contributed by atoms with E-state index >= 15 is 0 Å². The number of nitrogens with zero attached hydrogens (tertiary/aromatic N) is 3. The molecule has 27 heavy (non-hydrogen) atoms. The van der Waals surface area contributed by atoms with E-state index in [1.165, 1.54) is 24.4 Å². The predicted molar refractivity (Wildman–Crippen MR) is 97.2 cm³/mol. The molecule has 0 saturated carbocycles. The van der Waals surface area contributed by atoms with Gasteiger partial charge in [0.25, 0.3) is 5.56 Å². The van der Waals surface area contributed by atoms with Gasteiger partial charge in [-0.1, -0.05) is 30.0 Å². The zero-order valence-electron chi connectivity index (χ0n) is 14.1. The summed E-state index contributed by atoms with van der Waals surface area (Å²) in [6, 6.07) is 9.72. The van der Waals surface area contributed by atoms with Crippen molar-refractivity contribution in [3.05, 3.63) is 53.3 Å². The Labute approximate surface area is 158 Å². The SMILES string of the molecule is O=c1[nH]cnc2c1ncn2[C@@H]1O[C@H](CO)[C@@H](O)[C@H]1OCSc1ccccc1. The molecule has 4 atom stereocenters. The fourth-order valence-electron chi connectivity index (χ4n) is 3.02. The highest BCUT2D eigenvalue weighted by Gasteiger charge is 2.45. The van der Waals surface area contributed by atoms with Crippen molar-refractivity contribution in [2.45, 2.75) is 29.4 Å². The van der Waals surface area contributed by atoms with Crippen molar-refractivity contribution in [3.8, 4) is 0 Å². The Hall–Kier alpha value is -2.24. The first kappa shape index (κ1) is 18.1. The largest absolute Gasteiger partial charge is 0.394 e. The maximum absolute atomic E-state index is 11.9. The van der Waals surface area contributed by atoms with Gasteiger partial charge in [-0.15, -0.1) is 0 Å². The molecule has 0 unspecified atom stereocenters. The number of ether oxygens (including phenoxy) is 2. The summed E-state index contributed by atoms with van der Waals surface area (Å²) in [6.07, 6.45) is -0.662. The Kier molecular flexibility index (Phi) is 5.23. The highest BCUT2D eigenvalue weighted by atomic mass is 32.2. The molecule has 10 heteroatoms. The van der Waals surface area contributed by atoms with Crippen LogP contribution in [0.2, 0.25) is 0 Å². The van der Waals surface area contributed by atoms with Gasteiger partial charge in [-0.2, -0.15) is 0 Å². The number of benzene rings is 1. The lowest BCUT2D eigenvalue weighted by atomic mass is 10.1. The van der Waals surface area contributed by atoms with Gasteiger partial charge < -0.3 is 24.7 Å². The molecule has 1 aromatic carbocycles. The first-order valence-corrected chi connectivity index (χ1v) is 9.31. The molecular formula is C17H18N4O5S. The van der Waals surface area contributed by atoms with Crippen LogP contribution in [0.1, 0.15) is 6.23 Å². The van der Waals surface area contributed by atoms with E-state index in [4.69, 9.17) is 9.47 Å². The Morgan fingerprint density at radius 2 is 2.11 bits per heavy atom. The standard InChI is InChI=1S/C17H18N4O5S/c22-6-11-13(23)14(25-9-27-10-4-2-1-3-5-10)17(26-11)21-8-20-12-15(21)18-7-19-16(12)24/h1-5,7-8,11,13-14,17,22-23H,6,9H2,(H,18,19,24)/t11-,13-,14-,17-/m1/s1. The monoisotopic (exact) mass is 390 g/mol. The second-order valence-electron chi connectivity index (χ2n) is 6.00. The van der Waals surface area contributed by atoms with Crippen molar-refractivity contribution in [1.29, 1.82) is 0 Å². The predicted octanol–water partition coefficient (Wildman–Crippen LogP) is 0.505. The van der Waals surface area contributed by atoms with E-state index in [1.54, 1.807) is 4.57 Å².